The van der Waals surface area contributed by atoms with Crippen molar-refractivity contribution in [3.8, 4) is 6.07 Å². The zero-order valence-electron chi connectivity index (χ0n) is 17.9. The molecule has 4 rings (SSSR count). The van der Waals surface area contributed by atoms with Gasteiger partial charge in [0.05, 0.1) is 12.6 Å². The van der Waals surface area contributed by atoms with Gasteiger partial charge < -0.3 is 20.0 Å². The maximum Gasteiger partial charge on any atom is 0.319 e. The molecule has 7 nitrogen and oxygen atoms in total. The Morgan fingerprint density at radius 2 is 1.76 bits per heavy atom. The number of fused-ring (bicyclic) bond motifs is 1. The van der Waals surface area contributed by atoms with Gasteiger partial charge in [-0.2, -0.15) is 5.26 Å². The van der Waals surface area contributed by atoms with Gasteiger partial charge in [0.1, 0.15) is 6.04 Å². The highest BCUT2D eigenvalue weighted by Gasteiger charge is 2.53. The number of hydrogen-bond donors (Lipinski definition) is 1. The minimum absolute atomic E-state index is 0.0244. The van der Waals surface area contributed by atoms with E-state index >= 15 is 0 Å². The molecule has 0 aromatic carbocycles. The van der Waals surface area contributed by atoms with Gasteiger partial charge in [0.25, 0.3) is 0 Å². The van der Waals surface area contributed by atoms with E-state index in [-0.39, 0.29) is 23.5 Å². The van der Waals surface area contributed by atoms with Crippen LogP contribution in [0.5, 0.6) is 0 Å². The fourth-order valence-electron chi connectivity index (χ4n) is 6.51. The van der Waals surface area contributed by atoms with Gasteiger partial charge in [-0.15, -0.1) is 0 Å². The highest BCUT2D eigenvalue weighted by atomic mass is 16.2. The minimum Gasteiger partial charge on any atom is -0.331 e. The highest BCUT2D eigenvalue weighted by Crippen LogP contribution is 2.51. The number of nitriles is 1. The van der Waals surface area contributed by atoms with Crippen LogP contribution in [-0.4, -0.2) is 78.5 Å². The Morgan fingerprint density at radius 3 is 2.34 bits per heavy atom. The summed E-state index contributed by atoms with van der Waals surface area (Å²) in [6, 6.07) is 2.15. The smallest absolute Gasteiger partial charge is 0.319 e. The van der Waals surface area contributed by atoms with E-state index in [1.165, 1.54) is 25.7 Å². The first-order valence-electron chi connectivity index (χ1n) is 11.3. The molecule has 2 heterocycles. The molecule has 4 atom stereocenters. The molecule has 4 aliphatic rings. The van der Waals surface area contributed by atoms with E-state index in [4.69, 9.17) is 0 Å². The van der Waals surface area contributed by atoms with Gasteiger partial charge >= 0.3 is 6.03 Å². The molecule has 2 saturated heterocycles. The molecule has 0 unspecified atom stereocenters. The minimum atomic E-state index is -0.250. The third-order valence-electron chi connectivity index (χ3n) is 7.93. The number of likely N-dealkylation sites (tertiary alicyclic amines) is 2. The lowest BCUT2D eigenvalue weighted by Gasteiger charge is -2.39. The van der Waals surface area contributed by atoms with E-state index in [1.807, 2.05) is 19.0 Å². The van der Waals surface area contributed by atoms with Crippen LogP contribution in [0.4, 0.5) is 4.79 Å². The van der Waals surface area contributed by atoms with Crippen molar-refractivity contribution in [2.45, 2.75) is 62.9 Å². The molecule has 2 aliphatic heterocycles. The standard InChI is InChI=1S/C22H35N5O2/c1-25(2)21(29)26-14-16-10-22(11-17(16)15-26,18-6-3-4-7-18)24-13-20(28)27-9-5-8-19(27)12-23/h16-19,24H,3-11,13-15H2,1-2H3/t16-,17+,19-,22-/m0/s1. The van der Waals surface area contributed by atoms with E-state index in [9.17, 15) is 14.9 Å². The third-order valence-corrected chi connectivity index (χ3v) is 7.93. The molecular weight excluding hydrogens is 366 g/mol. The first kappa shape index (κ1) is 20.5. The van der Waals surface area contributed by atoms with Crippen LogP contribution in [0, 0.1) is 29.1 Å². The fourth-order valence-corrected chi connectivity index (χ4v) is 6.51. The lowest BCUT2D eigenvalue weighted by molar-refractivity contribution is -0.130. The van der Waals surface area contributed by atoms with Crippen molar-refractivity contribution in [2.75, 3.05) is 40.3 Å². The Bertz CT molecular complexity index is 667. The van der Waals surface area contributed by atoms with Crippen molar-refractivity contribution in [1.29, 1.82) is 5.26 Å². The van der Waals surface area contributed by atoms with E-state index in [2.05, 4.69) is 11.4 Å². The predicted octanol–water partition coefficient (Wildman–Crippen LogP) is 2.04. The zero-order chi connectivity index (χ0) is 20.6. The quantitative estimate of drug-likeness (QED) is 0.782. The molecule has 4 fully saturated rings. The van der Waals surface area contributed by atoms with Crippen molar-refractivity contribution in [1.82, 2.24) is 20.0 Å². The number of hydrogen-bond acceptors (Lipinski definition) is 4. The summed E-state index contributed by atoms with van der Waals surface area (Å²) < 4.78 is 0. The van der Waals surface area contributed by atoms with Crippen LogP contribution in [0.15, 0.2) is 0 Å². The number of carbonyl (C=O) groups excluding carboxylic acids is 2. The lowest BCUT2D eigenvalue weighted by Crippen LogP contribution is -2.54. The van der Waals surface area contributed by atoms with Gasteiger partial charge in [-0.1, -0.05) is 12.8 Å². The molecule has 0 radical (unpaired) electrons. The summed E-state index contributed by atoms with van der Waals surface area (Å²) in [6.07, 6.45) is 8.91. The molecule has 160 valence electrons. The summed E-state index contributed by atoms with van der Waals surface area (Å²) in [4.78, 5) is 30.7. The van der Waals surface area contributed by atoms with E-state index in [1.54, 1.807) is 9.80 Å². The van der Waals surface area contributed by atoms with Crippen LogP contribution >= 0.6 is 0 Å². The first-order chi connectivity index (χ1) is 13.9. The van der Waals surface area contributed by atoms with Crippen molar-refractivity contribution < 1.29 is 9.59 Å². The summed E-state index contributed by atoms with van der Waals surface area (Å²) in [5.41, 5.74) is 0.0244. The molecule has 0 aromatic heterocycles. The molecule has 0 aromatic rings. The SMILES string of the molecule is CN(C)C(=O)N1C[C@@H]2C[C@@](NCC(=O)N3CCC[C@H]3C#N)(C3CCCC3)C[C@@H]2C1. The van der Waals surface area contributed by atoms with Crippen molar-refractivity contribution in [2.24, 2.45) is 17.8 Å². The molecule has 29 heavy (non-hydrogen) atoms. The summed E-state index contributed by atoms with van der Waals surface area (Å²) in [6.45, 7) is 2.74. The van der Waals surface area contributed by atoms with Crippen LogP contribution in [0.2, 0.25) is 0 Å². The maximum atomic E-state index is 12.8. The average Bonchev–Trinajstić information content (AvgIpc) is 3.48. The topological polar surface area (TPSA) is 79.7 Å². The van der Waals surface area contributed by atoms with Crippen molar-refractivity contribution in [3.63, 3.8) is 0 Å². The normalized spacial score (nSPS) is 34.4. The largest absolute Gasteiger partial charge is 0.331 e. The van der Waals surface area contributed by atoms with Crippen molar-refractivity contribution in [3.05, 3.63) is 0 Å². The number of nitrogens with one attached hydrogen (secondary N) is 1. The van der Waals surface area contributed by atoms with Crippen LogP contribution in [0.1, 0.15) is 51.4 Å². The molecule has 1 N–H and O–H groups in total. The Hall–Kier alpha value is -1.81. The Kier molecular flexibility index (Phi) is 5.74. The summed E-state index contributed by atoms with van der Waals surface area (Å²) >= 11 is 0. The Morgan fingerprint density at radius 1 is 1.10 bits per heavy atom. The number of carbonyl (C=O) groups is 2. The second-order valence-electron chi connectivity index (χ2n) is 9.88. The summed E-state index contributed by atoms with van der Waals surface area (Å²) in [5, 5.41) is 13.0. The second-order valence-corrected chi connectivity index (χ2v) is 9.88. The molecule has 0 bridgehead atoms. The van der Waals surface area contributed by atoms with Crippen LogP contribution in [0.25, 0.3) is 0 Å². The lowest BCUT2D eigenvalue weighted by atomic mass is 9.79. The predicted molar refractivity (Wildman–Crippen MR) is 110 cm³/mol. The van der Waals surface area contributed by atoms with Gasteiger partial charge in [0.2, 0.25) is 5.91 Å². The van der Waals surface area contributed by atoms with Gasteiger partial charge in [0.15, 0.2) is 0 Å². The van der Waals surface area contributed by atoms with Gasteiger partial charge in [-0.05, 0) is 56.3 Å². The zero-order valence-corrected chi connectivity index (χ0v) is 17.9. The molecule has 7 heteroatoms. The maximum absolute atomic E-state index is 12.8. The van der Waals surface area contributed by atoms with E-state index < -0.39 is 0 Å². The monoisotopic (exact) mass is 401 g/mol. The average molecular weight is 402 g/mol. The molecule has 0 spiro atoms. The molecule has 3 amide bonds. The first-order valence-corrected chi connectivity index (χ1v) is 11.3. The molecule has 2 saturated carbocycles. The Labute approximate surface area is 174 Å². The number of nitrogens with zero attached hydrogens (tertiary/aromatic N) is 4. The van der Waals surface area contributed by atoms with Crippen LogP contribution in [-0.2, 0) is 4.79 Å². The number of rotatable bonds is 4. The fraction of sp³-hybridized carbons (Fsp3) is 0.864. The summed E-state index contributed by atoms with van der Waals surface area (Å²) in [5.74, 6) is 1.76. The van der Waals surface area contributed by atoms with Crippen LogP contribution in [0.3, 0.4) is 0 Å². The van der Waals surface area contributed by atoms with Gasteiger partial charge in [-0.3, -0.25) is 4.79 Å². The molecular formula is C22H35N5O2. The second kappa shape index (κ2) is 8.14. The summed E-state index contributed by atoms with van der Waals surface area (Å²) in [7, 11) is 3.64. The van der Waals surface area contributed by atoms with Crippen molar-refractivity contribution >= 4 is 11.9 Å². The van der Waals surface area contributed by atoms with E-state index in [0.717, 1.165) is 38.8 Å². The Balaban J connectivity index is 1.42. The number of urea groups is 1. The molecule has 2 aliphatic carbocycles. The number of amides is 3. The van der Waals surface area contributed by atoms with Gasteiger partial charge in [-0.25, -0.2) is 4.79 Å². The van der Waals surface area contributed by atoms with Crippen LogP contribution < -0.4 is 5.32 Å². The highest BCUT2D eigenvalue weighted by molar-refractivity contribution is 5.79. The van der Waals surface area contributed by atoms with E-state index in [0.29, 0.717) is 30.8 Å². The van der Waals surface area contributed by atoms with Gasteiger partial charge in [0, 0.05) is 39.3 Å². The third kappa shape index (κ3) is 3.84.